The Morgan fingerprint density at radius 2 is 2.04 bits per heavy atom. The van der Waals surface area contributed by atoms with Crippen molar-refractivity contribution in [2.45, 2.75) is 25.7 Å². The maximum Gasteiger partial charge on any atom is 0.277 e. The van der Waals surface area contributed by atoms with Crippen LogP contribution in [0.4, 0.5) is 4.39 Å². The number of carbonyl (C=O) groups is 1. The molecular formula is C19H18BrFN2O2. The Kier molecular flexibility index (Phi) is 5.81. The van der Waals surface area contributed by atoms with Crippen molar-refractivity contribution in [3.63, 3.8) is 0 Å². The van der Waals surface area contributed by atoms with E-state index < -0.39 is 11.7 Å². The van der Waals surface area contributed by atoms with E-state index in [0.717, 1.165) is 17.3 Å². The molecule has 0 radical (unpaired) electrons. The molecule has 0 bridgehead atoms. The summed E-state index contributed by atoms with van der Waals surface area (Å²) in [5.41, 5.74) is 5.24. The minimum atomic E-state index is -0.405. The summed E-state index contributed by atoms with van der Waals surface area (Å²) >= 11 is 3.58. The van der Waals surface area contributed by atoms with Gasteiger partial charge in [-0.05, 0) is 64.9 Å². The first-order chi connectivity index (χ1) is 12.1. The molecule has 130 valence electrons. The summed E-state index contributed by atoms with van der Waals surface area (Å²) in [7, 11) is 0. The van der Waals surface area contributed by atoms with E-state index in [1.807, 2.05) is 6.07 Å². The third-order valence-corrected chi connectivity index (χ3v) is 4.95. The molecular weight excluding hydrogens is 387 g/mol. The van der Waals surface area contributed by atoms with Crippen molar-refractivity contribution in [2.75, 3.05) is 6.61 Å². The van der Waals surface area contributed by atoms with Crippen LogP contribution >= 0.6 is 15.9 Å². The van der Waals surface area contributed by atoms with E-state index in [-0.39, 0.29) is 6.61 Å². The molecule has 0 saturated carbocycles. The van der Waals surface area contributed by atoms with Gasteiger partial charge in [0.15, 0.2) is 6.61 Å². The van der Waals surface area contributed by atoms with Crippen LogP contribution in [0.25, 0.3) is 0 Å². The molecule has 1 amide bonds. The summed E-state index contributed by atoms with van der Waals surface area (Å²) < 4.78 is 19.9. The lowest BCUT2D eigenvalue weighted by Crippen LogP contribution is -2.24. The van der Waals surface area contributed by atoms with Crippen LogP contribution < -0.4 is 10.2 Å². The number of rotatable bonds is 5. The van der Waals surface area contributed by atoms with Gasteiger partial charge in [-0.1, -0.05) is 24.3 Å². The number of ether oxygens (including phenoxy) is 1. The molecule has 25 heavy (non-hydrogen) atoms. The van der Waals surface area contributed by atoms with Gasteiger partial charge >= 0.3 is 0 Å². The van der Waals surface area contributed by atoms with Gasteiger partial charge in [-0.15, -0.1) is 0 Å². The molecule has 0 atom stereocenters. The number of hydrogen-bond acceptors (Lipinski definition) is 3. The summed E-state index contributed by atoms with van der Waals surface area (Å²) in [5, 5.41) is 3.75. The molecule has 0 heterocycles. The SMILES string of the molecule is O=C(COc1ccc2c(c1Br)CCCC2)N/N=C\c1ccccc1F. The number of fused-ring (bicyclic) bond motifs is 1. The molecule has 1 N–H and O–H groups in total. The maximum atomic E-state index is 13.4. The Bertz CT molecular complexity index is 808. The monoisotopic (exact) mass is 404 g/mol. The fourth-order valence-electron chi connectivity index (χ4n) is 2.80. The zero-order valence-electron chi connectivity index (χ0n) is 13.6. The topological polar surface area (TPSA) is 50.7 Å². The first-order valence-corrected chi connectivity index (χ1v) is 8.94. The highest BCUT2D eigenvalue weighted by Gasteiger charge is 2.16. The molecule has 0 saturated heterocycles. The third-order valence-electron chi connectivity index (χ3n) is 4.08. The second-order valence-corrected chi connectivity index (χ2v) is 6.62. The Morgan fingerprint density at radius 3 is 2.88 bits per heavy atom. The van der Waals surface area contributed by atoms with Crippen LogP contribution in [-0.2, 0) is 17.6 Å². The molecule has 0 aliphatic heterocycles. The number of hydrogen-bond donors (Lipinski definition) is 1. The fourth-order valence-corrected chi connectivity index (χ4v) is 3.50. The molecule has 0 fully saturated rings. The zero-order chi connectivity index (χ0) is 17.6. The number of carbonyl (C=O) groups excluding carboxylic acids is 1. The van der Waals surface area contributed by atoms with Crippen LogP contribution in [0.1, 0.15) is 29.5 Å². The van der Waals surface area contributed by atoms with Gasteiger partial charge in [-0.3, -0.25) is 4.79 Å². The van der Waals surface area contributed by atoms with Crippen molar-refractivity contribution >= 4 is 28.1 Å². The molecule has 4 nitrogen and oxygen atoms in total. The molecule has 3 rings (SSSR count). The second-order valence-electron chi connectivity index (χ2n) is 5.83. The van der Waals surface area contributed by atoms with Gasteiger partial charge in [-0.25, -0.2) is 9.82 Å². The number of amides is 1. The Balaban J connectivity index is 1.55. The van der Waals surface area contributed by atoms with Gasteiger partial charge in [0.1, 0.15) is 11.6 Å². The lowest BCUT2D eigenvalue weighted by Gasteiger charge is -2.19. The Hall–Kier alpha value is -2.21. The van der Waals surface area contributed by atoms with E-state index in [1.165, 1.54) is 36.2 Å². The average Bonchev–Trinajstić information content (AvgIpc) is 2.63. The number of halogens is 2. The Morgan fingerprint density at radius 1 is 1.24 bits per heavy atom. The van der Waals surface area contributed by atoms with Crippen LogP contribution in [0.15, 0.2) is 46.0 Å². The van der Waals surface area contributed by atoms with E-state index >= 15 is 0 Å². The van der Waals surface area contributed by atoms with Crippen molar-refractivity contribution in [3.8, 4) is 5.75 Å². The number of nitrogens with one attached hydrogen (secondary N) is 1. The van der Waals surface area contributed by atoms with E-state index in [1.54, 1.807) is 18.2 Å². The van der Waals surface area contributed by atoms with Crippen molar-refractivity contribution in [3.05, 3.63) is 63.4 Å². The van der Waals surface area contributed by atoms with Crippen molar-refractivity contribution in [1.82, 2.24) is 5.43 Å². The molecule has 2 aromatic rings. The highest BCUT2D eigenvalue weighted by molar-refractivity contribution is 9.10. The van der Waals surface area contributed by atoms with Crippen LogP contribution in [0, 0.1) is 5.82 Å². The summed E-state index contributed by atoms with van der Waals surface area (Å²) in [6.07, 6.45) is 5.75. The molecule has 1 aliphatic rings. The lowest BCUT2D eigenvalue weighted by atomic mass is 9.92. The summed E-state index contributed by atoms with van der Waals surface area (Å²) in [6.45, 7) is -0.161. The first kappa shape index (κ1) is 17.6. The summed E-state index contributed by atoms with van der Waals surface area (Å²) in [6, 6.07) is 10.1. The zero-order valence-corrected chi connectivity index (χ0v) is 15.2. The van der Waals surface area contributed by atoms with E-state index in [0.29, 0.717) is 11.3 Å². The average molecular weight is 405 g/mol. The van der Waals surface area contributed by atoms with E-state index in [9.17, 15) is 9.18 Å². The minimum absolute atomic E-state index is 0.161. The van der Waals surface area contributed by atoms with E-state index in [2.05, 4.69) is 32.5 Å². The highest BCUT2D eigenvalue weighted by Crippen LogP contribution is 2.35. The van der Waals surface area contributed by atoms with Gasteiger partial charge in [0, 0.05) is 5.56 Å². The number of aryl methyl sites for hydroxylation is 1. The maximum absolute atomic E-state index is 13.4. The van der Waals surface area contributed by atoms with Gasteiger partial charge in [0.25, 0.3) is 5.91 Å². The van der Waals surface area contributed by atoms with Gasteiger partial charge in [-0.2, -0.15) is 5.10 Å². The number of nitrogens with zero attached hydrogens (tertiary/aromatic N) is 1. The Labute approximate surface area is 154 Å². The van der Waals surface area contributed by atoms with Crippen molar-refractivity contribution in [2.24, 2.45) is 5.10 Å². The van der Waals surface area contributed by atoms with Crippen LogP contribution in [-0.4, -0.2) is 18.7 Å². The lowest BCUT2D eigenvalue weighted by molar-refractivity contribution is -0.123. The molecule has 1 aliphatic carbocycles. The predicted molar refractivity (Wildman–Crippen MR) is 98.4 cm³/mol. The van der Waals surface area contributed by atoms with Gasteiger partial charge in [0.05, 0.1) is 10.7 Å². The normalized spacial score (nSPS) is 13.5. The molecule has 0 aromatic heterocycles. The quantitative estimate of drug-likeness (QED) is 0.604. The fraction of sp³-hybridized carbons (Fsp3) is 0.263. The minimum Gasteiger partial charge on any atom is -0.483 e. The number of benzene rings is 2. The summed E-state index contributed by atoms with van der Waals surface area (Å²) in [4.78, 5) is 11.8. The van der Waals surface area contributed by atoms with Crippen molar-refractivity contribution in [1.29, 1.82) is 0 Å². The highest BCUT2D eigenvalue weighted by atomic mass is 79.9. The standard InChI is InChI=1S/C19H18BrFN2O2/c20-19-15-7-3-1-5-13(15)9-10-17(19)25-12-18(24)23-22-11-14-6-2-4-8-16(14)21/h2,4,6,8-11H,1,3,5,7,12H2,(H,23,24)/b22-11-. The van der Waals surface area contributed by atoms with Crippen LogP contribution in [0.3, 0.4) is 0 Å². The molecule has 6 heteroatoms. The predicted octanol–water partition coefficient (Wildman–Crippen LogP) is 4.00. The smallest absolute Gasteiger partial charge is 0.277 e. The number of hydrazone groups is 1. The molecule has 2 aromatic carbocycles. The largest absolute Gasteiger partial charge is 0.483 e. The third kappa shape index (κ3) is 4.45. The van der Waals surface area contributed by atoms with Crippen LogP contribution in [0.2, 0.25) is 0 Å². The molecule has 0 spiro atoms. The van der Waals surface area contributed by atoms with Crippen molar-refractivity contribution < 1.29 is 13.9 Å². The van der Waals surface area contributed by atoms with Gasteiger partial charge in [0.2, 0.25) is 0 Å². The van der Waals surface area contributed by atoms with Crippen LogP contribution in [0.5, 0.6) is 5.75 Å². The second kappa shape index (κ2) is 8.25. The van der Waals surface area contributed by atoms with Gasteiger partial charge < -0.3 is 4.74 Å². The first-order valence-electron chi connectivity index (χ1n) is 8.14. The van der Waals surface area contributed by atoms with E-state index in [4.69, 9.17) is 4.74 Å². The molecule has 0 unspecified atom stereocenters. The summed E-state index contributed by atoms with van der Waals surface area (Å²) in [5.74, 6) is -0.152.